The van der Waals surface area contributed by atoms with Gasteiger partial charge in [0.1, 0.15) is 5.75 Å². The summed E-state index contributed by atoms with van der Waals surface area (Å²) in [6, 6.07) is 13.1. The number of nitrogens with zero attached hydrogens (tertiary/aromatic N) is 3. The van der Waals surface area contributed by atoms with Crippen LogP contribution in [0, 0.1) is 19.8 Å². The van der Waals surface area contributed by atoms with Crippen molar-refractivity contribution >= 4 is 17.6 Å². The van der Waals surface area contributed by atoms with E-state index in [1.807, 2.05) is 64.1 Å². The van der Waals surface area contributed by atoms with Gasteiger partial charge in [0, 0.05) is 12.2 Å². The second-order valence-electron chi connectivity index (χ2n) is 8.86. The third-order valence-corrected chi connectivity index (χ3v) is 5.82. The van der Waals surface area contributed by atoms with Crippen LogP contribution < -0.4 is 21.4 Å². The molecule has 1 aromatic heterocycles. The van der Waals surface area contributed by atoms with Gasteiger partial charge in [-0.3, -0.25) is 9.36 Å². The lowest BCUT2D eigenvalue weighted by atomic mass is 10.1. The molecule has 0 aliphatic heterocycles. The van der Waals surface area contributed by atoms with Gasteiger partial charge in [-0.1, -0.05) is 43.7 Å². The summed E-state index contributed by atoms with van der Waals surface area (Å²) in [4.78, 5) is 41.5. The lowest BCUT2D eigenvalue weighted by Gasteiger charge is -2.18. The highest BCUT2D eigenvalue weighted by Crippen LogP contribution is 2.25. The standard InChI is InChI=1S/C26H32N4O5/c1-6-19(5)35-22-12-11-21(13-17(22)3)27-24-28-25(33)30(14-18(4)23(31)32)26(34)29(24)15-20-9-7-16(2)8-10-20/h7-13,18-19H,6,14-15H2,1-5H3,(H,31,32)(H,27,28,33)/t18-,19+/m0/s1. The zero-order valence-electron chi connectivity index (χ0n) is 20.7. The molecule has 0 unspecified atom stereocenters. The molecular weight excluding hydrogens is 448 g/mol. The highest BCUT2D eigenvalue weighted by Gasteiger charge is 2.19. The summed E-state index contributed by atoms with van der Waals surface area (Å²) in [7, 11) is 0. The molecule has 0 fully saturated rings. The van der Waals surface area contributed by atoms with E-state index in [2.05, 4.69) is 10.3 Å². The van der Waals surface area contributed by atoms with Gasteiger partial charge >= 0.3 is 17.3 Å². The fraction of sp³-hybridized carbons (Fsp3) is 0.385. The molecule has 0 aliphatic rings. The number of carboxylic acid groups (broad SMARTS) is 1. The summed E-state index contributed by atoms with van der Waals surface area (Å²) >= 11 is 0. The molecule has 186 valence electrons. The van der Waals surface area contributed by atoms with Crippen molar-refractivity contribution in [1.82, 2.24) is 14.1 Å². The molecule has 3 rings (SSSR count). The molecule has 35 heavy (non-hydrogen) atoms. The molecule has 9 heteroatoms. The molecule has 0 radical (unpaired) electrons. The average Bonchev–Trinajstić information content (AvgIpc) is 2.81. The summed E-state index contributed by atoms with van der Waals surface area (Å²) in [5.41, 5.74) is 2.01. The van der Waals surface area contributed by atoms with E-state index in [1.165, 1.54) is 11.5 Å². The van der Waals surface area contributed by atoms with Gasteiger partial charge in [0.2, 0.25) is 5.95 Å². The van der Waals surface area contributed by atoms with Crippen LogP contribution in [0.15, 0.2) is 52.1 Å². The topological polar surface area (TPSA) is 115 Å². The van der Waals surface area contributed by atoms with Crippen LogP contribution in [-0.4, -0.2) is 31.3 Å². The summed E-state index contributed by atoms with van der Waals surface area (Å²) < 4.78 is 8.14. The van der Waals surface area contributed by atoms with E-state index < -0.39 is 23.3 Å². The number of hydrogen-bond acceptors (Lipinski definition) is 6. The molecule has 2 N–H and O–H groups in total. The average molecular weight is 481 g/mol. The van der Waals surface area contributed by atoms with Crippen LogP contribution in [-0.2, 0) is 17.9 Å². The first-order valence-electron chi connectivity index (χ1n) is 11.6. The van der Waals surface area contributed by atoms with E-state index >= 15 is 0 Å². The lowest BCUT2D eigenvalue weighted by Crippen LogP contribution is -2.44. The van der Waals surface area contributed by atoms with Gasteiger partial charge in [0.25, 0.3) is 0 Å². The fourth-order valence-electron chi connectivity index (χ4n) is 3.44. The highest BCUT2D eigenvalue weighted by atomic mass is 16.5. The van der Waals surface area contributed by atoms with Gasteiger partial charge in [0.15, 0.2) is 0 Å². The van der Waals surface area contributed by atoms with Gasteiger partial charge in [-0.15, -0.1) is 0 Å². The second kappa shape index (κ2) is 11.0. The number of aliphatic carboxylic acids is 1. The van der Waals surface area contributed by atoms with Crippen molar-refractivity contribution in [1.29, 1.82) is 0 Å². The highest BCUT2D eigenvalue weighted by molar-refractivity contribution is 5.69. The number of benzene rings is 2. The monoisotopic (exact) mass is 480 g/mol. The zero-order chi connectivity index (χ0) is 25.7. The number of rotatable bonds is 10. The van der Waals surface area contributed by atoms with Gasteiger partial charge in [0.05, 0.1) is 18.6 Å². The Morgan fingerprint density at radius 2 is 1.77 bits per heavy atom. The lowest BCUT2D eigenvalue weighted by molar-refractivity contribution is -0.141. The Morgan fingerprint density at radius 3 is 2.37 bits per heavy atom. The summed E-state index contributed by atoms with van der Waals surface area (Å²) in [6.45, 7) is 9.26. The largest absolute Gasteiger partial charge is 0.490 e. The maximum absolute atomic E-state index is 13.3. The van der Waals surface area contributed by atoms with Crippen LogP contribution in [0.2, 0.25) is 0 Å². The number of carbonyl (C=O) groups is 1. The molecule has 0 saturated heterocycles. The Morgan fingerprint density at radius 1 is 1.09 bits per heavy atom. The minimum atomic E-state index is -1.10. The second-order valence-corrected chi connectivity index (χ2v) is 8.86. The summed E-state index contributed by atoms with van der Waals surface area (Å²) in [5, 5.41) is 12.3. The number of ether oxygens (including phenoxy) is 1. The zero-order valence-corrected chi connectivity index (χ0v) is 20.7. The van der Waals surface area contributed by atoms with Crippen molar-refractivity contribution in [2.24, 2.45) is 5.92 Å². The molecular formula is C26H32N4O5. The minimum absolute atomic E-state index is 0.0784. The van der Waals surface area contributed by atoms with Gasteiger partial charge in [-0.25, -0.2) is 14.2 Å². The van der Waals surface area contributed by atoms with E-state index in [4.69, 9.17) is 4.74 Å². The Kier molecular flexibility index (Phi) is 8.11. The molecule has 9 nitrogen and oxygen atoms in total. The predicted molar refractivity (Wildman–Crippen MR) is 135 cm³/mol. The van der Waals surface area contributed by atoms with Crippen LogP contribution in [0.4, 0.5) is 11.6 Å². The first kappa shape index (κ1) is 25.7. The normalized spacial score (nSPS) is 12.7. The Bertz CT molecular complexity index is 1310. The quantitative estimate of drug-likeness (QED) is 0.454. The Labute approximate surface area is 204 Å². The molecule has 0 amide bonds. The third kappa shape index (κ3) is 6.38. The van der Waals surface area contributed by atoms with Gasteiger partial charge in [-0.2, -0.15) is 4.98 Å². The van der Waals surface area contributed by atoms with Crippen molar-refractivity contribution in [2.75, 3.05) is 5.32 Å². The number of nitrogens with one attached hydrogen (secondary N) is 1. The summed E-state index contributed by atoms with van der Waals surface area (Å²) in [5.74, 6) is -1.18. The van der Waals surface area contributed by atoms with Crippen LogP contribution in [0.5, 0.6) is 5.75 Å². The maximum atomic E-state index is 13.3. The van der Waals surface area contributed by atoms with Crippen LogP contribution in [0.25, 0.3) is 0 Å². The van der Waals surface area contributed by atoms with Crippen molar-refractivity contribution < 1.29 is 14.6 Å². The molecule has 0 bridgehead atoms. The van der Waals surface area contributed by atoms with Gasteiger partial charge in [-0.05, 0) is 56.5 Å². The molecule has 2 atom stereocenters. The van der Waals surface area contributed by atoms with Crippen LogP contribution in [0.3, 0.4) is 0 Å². The fourth-order valence-corrected chi connectivity index (χ4v) is 3.44. The summed E-state index contributed by atoms with van der Waals surface area (Å²) in [6.07, 6.45) is 0.959. The smallest absolute Gasteiger partial charge is 0.354 e. The van der Waals surface area contributed by atoms with Crippen molar-refractivity contribution in [3.8, 4) is 5.75 Å². The van der Waals surface area contributed by atoms with Crippen molar-refractivity contribution in [3.63, 3.8) is 0 Å². The van der Waals surface area contributed by atoms with Crippen molar-refractivity contribution in [2.45, 2.75) is 60.2 Å². The molecule has 0 spiro atoms. The number of aromatic nitrogens is 3. The number of aryl methyl sites for hydroxylation is 2. The Balaban J connectivity index is 2.03. The van der Waals surface area contributed by atoms with E-state index in [0.717, 1.165) is 33.4 Å². The van der Waals surface area contributed by atoms with E-state index in [1.54, 1.807) is 6.07 Å². The number of carboxylic acids is 1. The molecule has 0 aliphatic carbocycles. The number of hydrogen-bond donors (Lipinski definition) is 2. The van der Waals surface area contributed by atoms with Gasteiger partial charge < -0.3 is 15.2 Å². The molecule has 2 aromatic carbocycles. The van der Waals surface area contributed by atoms with E-state index in [9.17, 15) is 19.5 Å². The minimum Gasteiger partial charge on any atom is -0.490 e. The SMILES string of the molecule is CC[C@@H](C)Oc1ccc(Nc2nc(=O)n(C[C@H](C)C(=O)O)c(=O)n2Cc2ccc(C)cc2)cc1C. The van der Waals surface area contributed by atoms with Crippen molar-refractivity contribution in [3.05, 3.63) is 80.1 Å². The Hall–Kier alpha value is -3.88. The molecule has 0 saturated carbocycles. The number of anilines is 2. The molecule has 3 aromatic rings. The predicted octanol–water partition coefficient (Wildman–Crippen LogP) is 3.71. The van der Waals surface area contributed by atoms with Crippen LogP contribution >= 0.6 is 0 Å². The molecule has 1 heterocycles. The third-order valence-electron chi connectivity index (χ3n) is 5.82. The first-order chi connectivity index (χ1) is 16.6. The van der Waals surface area contributed by atoms with E-state index in [-0.39, 0.29) is 25.1 Å². The maximum Gasteiger partial charge on any atom is 0.354 e. The van der Waals surface area contributed by atoms with E-state index in [0.29, 0.717) is 5.69 Å². The van der Waals surface area contributed by atoms with Crippen LogP contribution in [0.1, 0.15) is 43.9 Å². The first-order valence-corrected chi connectivity index (χ1v) is 11.6.